The normalized spacial score (nSPS) is 14.3. The van der Waals surface area contributed by atoms with Crippen LogP contribution in [0.5, 0.6) is 0 Å². The standard InChI is InChI=1S/C12H17NO5/c1-2-16-7-8-18-10-9-17-6-5-13-11(14)3-4-12(13)15/h2-4H,1,5-10H2. The summed E-state index contributed by atoms with van der Waals surface area (Å²) in [5, 5.41) is 0. The van der Waals surface area contributed by atoms with Crippen molar-refractivity contribution in [1.29, 1.82) is 0 Å². The van der Waals surface area contributed by atoms with Crippen LogP contribution in [0, 0.1) is 0 Å². The number of carbonyl (C=O) groups is 2. The molecule has 1 aliphatic heterocycles. The van der Waals surface area contributed by atoms with Gasteiger partial charge in [-0.1, -0.05) is 6.58 Å². The van der Waals surface area contributed by atoms with Gasteiger partial charge in [-0.05, 0) is 0 Å². The summed E-state index contributed by atoms with van der Waals surface area (Å²) in [5.41, 5.74) is 0. The molecule has 100 valence electrons. The summed E-state index contributed by atoms with van der Waals surface area (Å²) in [6.07, 6.45) is 3.87. The largest absolute Gasteiger partial charge is 0.499 e. The van der Waals surface area contributed by atoms with E-state index in [1.807, 2.05) is 0 Å². The van der Waals surface area contributed by atoms with Crippen molar-refractivity contribution in [3.05, 3.63) is 25.0 Å². The van der Waals surface area contributed by atoms with Crippen molar-refractivity contribution in [1.82, 2.24) is 4.90 Å². The Morgan fingerprint density at radius 1 is 1.00 bits per heavy atom. The van der Waals surface area contributed by atoms with Gasteiger partial charge in [0.15, 0.2) is 0 Å². The van der Waals surface area contributed by atoms with E-state index in [0.717, 1.165) is 4.90 Å². The SMILES string of the molecule is C=COCCOCCOCCN1C(=O)C=CC1=O. The molecule has 0 atom stereocenters. The fraction of sp³-hybridized carbons (Fsp3) is 0.500. The van der Waals surface area contributed by atoms with Crippen LogP contribution >= 0.6 is 0 Å². The highest BCUT2D eigenvalue weighted by Gasteiger charge is 2.22. The summed E-state index contributed by atoms with van der Waals surface area (Å²) in [6.45, 7) is 5.78. The number of rotatable bonds is 10. The van der Waals surface area contributed by atoms with Crippen LogP contribution in [0.25, 0.3) is 0 Å². The third-order valence-electron chi connectivity index (χ3n) is 2.20. The Morgan fingerprint density at radius 3 is 2.17 bits per heavy atom. The molecule has 0 aromatic rings. The lowest BCUT2D eigenvalue weighted by Crippen LogP contribution is -2.33. The molecule has 18 heavy (non-hydrogen) atoms. The maximum atomic E-state index is 11.2. The topological polar surface area (TPSA) is 65.1 Å². The quantitative estimate of drug-likeness (QED) is 0.315. The van der Waals surface area contributed by atoms with Crippen molar-refractivity contribution >= 4 is 11.8 Å². The lowest BCUT2D eigenvalue weighted by molar-refractivity contribution is -0.137. The average molecular weight is 255 g/mol. The minimum Gasteiger partial charge on any atom is -0.499 e. The highest BCUT2D eigenvalue weighted by molar-refractivity contribution is 6.12. The molecule has 0 radical (unpaired) electrons. The van der Waals surface area contributed by atoms with Gasteiger partial charge in [0.2, 0.25) is 0 Å². The van der Waals surface area contributed by atoms with E-state index in [1.165, 1.54) is 18.4 Å². The molecule has 0 aromatic carbocycles. The van der Waals surface area contributed by atoms with E-state index in [0.29, 0.717) is 33.0 Å². The molecule has 1 heterocycles. The third kappa shape index (κ3) is 5.11. The molecule has 0 spiro atoms. The fourth-order valence-corrected chi connectivity index (χ4v) is 1.32. The Kier molecular flexibility index (Phi) is 6.75. The van der Waals surface area contributed by atoms with Crippen molar-refractivity contribution < 1.29 is 23.8 Å². The Labute approximate surface area is 106 Å². The summed E-state index contributed by atoms with van der Waals surface area (Å²) >= 11 is 0. The molecule has 0 N–H and O–H groups in total. The maximum Gasteiger partial charge on any atom is 0.253 e. The van der Waals surface area contributed by atoms with E-state index >= 15 is 0 Å². The number of hydrogen-bond acceptors (Lipinski definition) is 5. The highest BCUT2D eigenvalue weighted by Crippen LogP contribution is 2.02. The van der Waals surface area contributed by atoms with Gasteiger partial charge in [-0.2, -0.15) is 0 Å². The molecule has 1 aliphatic rings. The van der Waals surface area contributed by atoms with Gasteiger partial charge in [-0.25, -0.2) is 0 Å². The molecule has 0 unspecified atom stereocenters. The van der Waals surface area contributed by atoms with Crippen molar-refractivity contribution in [2.24, 2.45) is 0 Å². The van der Waals surface area contributed by atoms with Crippen molar-refractivity contribution in [3.63, 3.8) is 0 Å². The summed E-state index contributed by atoms with van der Waals surface area (Å²) < 4.78 is 15.3. The van der Waals surface area contributed by atoms with Crippen LogP contribution in [-0.4, -0.2) is 56.3 Å². The van der Waals surface area contributed by atoms with Crippen LogP contribution in [0.4, 0.5) is 0 Å². The fourth-order valence-electron chi connectivity index (χ4n) is 1.32. The molecule has 2 amide bonds. The molecule has 6 heteroatoms. The maximum absolute atomic E-state index is 11.2. The first-order chi connectivity index (χ1) is 8.75. The molecular formula is C12H17NO5. The summed E-state index contributed by atoms with van der Waals surface area (Å²) in [4.78, 5) is 23.5. The van der Waals surface area contributed by atoms with Crippen LogP contribution in [0.3, 0.4) is 0 Å². The second-order valence-electron chi connectivity index (χ2n) is 3.42. The van der Waals surface area contributed by atoms with Crippen LogP contribution < -0.4 is 0 Å². The first kappa shape index (κ1) is 14.4. The van der Waals surface area contributed by atoms with Gasteiger partial charge in [-0.3, -0.25) is 14.5 Å². The van der Waals surface area contributed by atoms with Gasteiger partial charge < -0.3 is 14.2 Å². The van der Waals surface area contributed by atoms with Crippen molar-refractivity contribution in [2.75, 3.05) is 39.6 Å². The molecule has 6 nitrogen and oxygen atoms in total. The van der Waals surface area contributed by atoms with E-state index < -0.39 is 0 Å². The molecule has 0 aromatic heterocycles. The molecule has 1 rings (SSSR count). The molecular weight excluding hydrogens is 238 g/mol. The smallest absolute Gasteiger partial charge is 0.253 e. The third-order valence-corrected chi connectivity index (χ3v) is 2.20. The predicted molar refractivity (Wildman–Crippen MR) is 63.6 cm³/mol. The van der Waals surface area contributed by atoms with E-state index in [1.54, 1.807) is 0 Å². The zero-order valence-corrected chi connectivity index (χ0v) is 10.2. The number of ether oxygens (including phenoxy) is 3. The van der Waals surface area contributed by atoms with E-state index in [9.17, 15) is 9.59 Å². The number of carbonyl (C=O) groups excluding carboxylic acids is 2. The molecule has 0 saturated heterocycles. The van der Waals surface area contributed by atoms with E-state index in [2.05, 4.69) is 6.58 Å². The highest BCUT2D eigenvalue weighted by atomic mass is 16.5. The van der Waals surface area contributed by atoms with Gasteiger partial charge >= 0.3 is 0 Å². The minimum atomic E-state index is -0.290. The van der Waals surface area contributed by atoms with Gasteiger partial charge in [0.05, 0.1) is 39.2 Å². The first-order valence-electron chi connectivity index (χ1n) is 5.67. The predicted octanol–water partition coefficient (Wildman–Crippen LogP) is 0.105. The van der Waals surface area contributed by atoms with Gasteiger partial charge in [0, 0.05) is 12.2 Å². The zero-order chi connectivity index (χ0) is 13.2. The Balaban J connectivity index is 1.91. The zero-order valence-electron chi connectivity index (χ0n) is 10.2. The Hall–Kier alpha value is -1.66. The molecule has 0 fully saturated rings. The Bertz CT molecular complexity index is 308. The number of imide groups is 1. The van der Waals surface area contributed by atoms with Gasteiger partial charge in [0.1, 0.15) is 6.61 Å². The lowest BCUT2D eigenvalue weighted by atomic mass is 10.5. The van der Waals surface area contributed by atoms with Gasteiger partial charge in [-0.15, -0.1) is 0 Å². The van der Waals surface area contributed by atoms with Crippen LogP contribution in [-0.2, 0) is 23.8 Å². The Morgan fingerprint density at radius 2 is 1.56 bits per heavy atom. The second kappa shape index (κ2) is 8.43. The van der Waals surface area contributed by atoms with Crippen LogP contribution in [0.15, 0.2) is 25.0 Å². The molecule has 0 saturated carbocycles. The monoisotopic (exact) mass is 255 g/mol. The van der Waals surface area contributed by atoms with Crippen LogP contribution in [0.2, 0.25) is 0 Å². The first-order valence-corrected chi connectivity index (χ1v) is 5.67. The minimum absolute atomic E-state index is 0.268. The van der Waals surface area contributed by atoms with Crippen LogP contribution in [0.1, 0.15) is 0 Å². The van der Waals surface area contributed by atoms with Crippen molar-refractivity contribution in [2.45, 2.75) is 0 Å². The number of hydrogen-bond donors (Lipinski definition) is 0. The van der Waals surface area contributed by atoms with Gasteiger partial charge in [0.25, 0.3) is 11.8 Å². The summed E-state index contributed by atoms with van der Waals surface area (Å²) in [5.74, 6) is -0.581. The molecule has 0 bridgehead atoms. The lowest BCUT2D eigenvalue weighted by Gasteiger charge is -2.13. The van der Waals surface area contributed by atoms with E-state index in [-0.39, 0.29) is 18.4 Å². The summed E-state index contributed by atoms with van der Waals surface area (Å²) in [7, 11) is 0. The van der Waals surface area contributed by atoms with E-state index in [4.69, 9.17) is 14.2 Å². The number of amides is 2. The average Bonchev–Trinajstić information content (AvgIpc) is 2.68. The molecule has 0 aliphatic carbocycles. The van der Waals surface area contributed by atoms with Crippen molar-refractivity contribution in [3.8, 4) is 0 Å². The number of nitrogens with zero attached hydrogens (tertiary/aromatic N) is 1. The summed E-state index contributed by atoms with van der Waals surface area (Å²) in [6, 6.07) is 0. The second-order valence-corrected chi connectivity index (χ2v) is 3.42.